The zero-order valence-corrected chi connectivity index (χ0v) is 18.4. The molecule has 11 heteroatoms. The third-order valence-electron chi connectivity index (χ3n) is 5.20. The van der Waals surface area contributed by atoms with E-state index in [9.17, 15) is 13.2 Å². The topological polar surface area (TPSA) is 116 Å². The van der Waals surface area contributed by atoms with Crippen molar-refractivity contribution in [2.75, 3.05) is 31.1 Å². The fourth-order valence-electron chi connectivity index (χ4n) is 3.45. The van der Waals surface area contributed by atoms with Crippen LogP contribution in [-0.2, 0) is 10.0 Å². The van der Waals surface area contributed by atoms with Crippen LogP contribution in [0.2, 0.25) is 5.02 Å². The molecule has 3 aromatic rings. The van der Waals surface area contributed by atoms with Gasteiger partial charge in [-0.1, -0.05) is 41.9 Å². The summed E-state index contributed by atoms with van der Waals surface area (Å²) in [6.07, 6.45) is 2.61. The van der Waals surface area contributed by atoms with Crippen molar-refractivity contribution in [3.63, 3.8) is 0 Å². The van der Waals surface area contributed by atoms with Crippen molar-refractivity contribution >= 4 is 33.5 Å². The molecule has 0 spiro atoms. The van der Waals surface area contributed by atoms with Gasteiger partial charge >= 0.3 is 0 Å². The lowest BCUT2D eigenvalue weighted by molar-refractivity contribution is 0.0705. The van der Waals surface area contributed by atoms with E-state index in [2.05, 4.69) is 9.97 Å². The Morgan fingerprint density at radius 1 is 0.969 bits per heavy atom. The molecule has 0 atom stereocenters. The number of piperazine rings is 1. The second-order valence-corrected chi connectivity index (χ2v) is 9.45. The van der Waals surface area contributed by atoms with Gasteiger partial charge in [-0.05, 0) is 23.8 Å². The lowest BCUT2D eigenvalue weighted by Gasteiger charge is -2.34. The number of hydrogen-bond donors (Lipinski definition) is 2. The molecule has 2 aromatic carbocycles. The molecule has 1 aliphatic heterocycles. The number of hydroxylamine groups is 1. The minimum atomic E-state index is -3.65. The zero-order chi connectivity index (χ0) is 22.7. The van der Waals surface area contributed by atoms with E-state index in [1.807, 2.05) is 23.1 Å². The fourth-order valence-corrected chi connectivity index (χ4v) is 5.11. The maximum atomic E-state index is 13.1. The minimum absolute atomic E-state index is 0.123. The third-order valence-corrected chi connectivity index (χ3v) is 7.44. The number of halogens is 1. The van der Waals surface area contributed by atoms with Crippen LogP contribution in [0.3, 0.4) is 0 Å². The first-order chi connectivity index (χ1) is 15.4. The summed E-state index contributed by atoms with van der Waals surface area (Å²) in [4.78, 5) is 21.7. The number of sulfonamides is 1. The molecule has 4 rings (SSSR count). The van der Waals surface area contributed by atoms with Crippen molar-refractivity contribution in [3.05, 3.63) is 71.5 Å². The molecule has 0 aliphatic carbocycles. The second kappa shape index (κ2) is 9.21. The van der Waals surface area contributed by atoms with E-state index in [-0.39, 0.29) is 23.5 Å². The SMILES string of the molecule is O=C(NO)c1cnc(N2CCN(S(=O)(=O)c3ccc(-c4ccccc4Cl)cc3)CC2)nc1. The highest BCUT2D eigenvalue weighted by Gasteiger charge is 2.29. The van der Waals surface area contributed by atoms with Crippen LogP contribution in [0, 0.1) is 0 Å². The molecule has 0 radical (unpaired) electrons. The normalized spacial score (nSPS) is 14.9. The minimum Gasteiger partial charge on any atom is -0.338 e. The van der Waals surface area contributed by atoms with Crippen LogP contribution in [0.4, 0.5) is 5.95 Å². The van der Waals surface area contributed by atoms with Gasteiger partial charge in [0, 0.05) is 49.2 Å². The first-order valence-corrected chi connectivity index (χ1v) is 11.6. The van der Waals surface area contributed by atoms with Crippen LogP contribution in [0.5, 0.6) is 0 Å². The van der Waals surface area contributed by atoms with E-state index in [4.69, 9.17) is 16.8 Å². The Kier molecular flexibility index (Phi) is 6.38. The van der Waals surface area contributed by atoms with Crippen molar-refractivity contribution < 1.29 is 18.4 Å². The Bertz CT molecular complexity index is 1210. The molecule has 0 saturated carbocycles. The predicted molar refractivity (Wildman–Crippen MR) is 119 cm³/mol. The van der Waals surface area contributed by atoms with Crippen LogP contribution >= 0.6 is 11.6 Å². The number of carbonyl (C=O) groups excluding carboxylic acids is 1. The number of amides is 1. The van der Waals surface area contributed by atoms with Crippen LogP contribution in [-0.4, -0.2) is 60.0 Å². The predicted octanol–water partition coefficient (Wildman–Crippen LogP) is 2.43. The lowest BCUT2D eigenvalue weighted by Crippen LogP contribution is -2.49. The van der Waals surface area contributed by atoms with Gasteiger partial charge in [-0.25, -0.2) is 23.9 Å². The Morgan fingerprint density at radius 3 is 2.19 bits per heavy atom. The molecular weight excluding hydrogens is 454 g/mol. The smallest absolute Gasteiger partial charge is 0.277 e. The molecule has 1 saturated heterocycles. The van der Waals surface area contributed by atoms with Gasteiger partial charge in [-0.15, -0.1) is 0 Å². The number of nitrogens with zero attached hydrogens (tertiary/aromatic N) is 4. The molecule has 2 heterocycles. The third kappa shape index (κ3) is 4.44. The van der Waals surface area contributed by atoms with Crippen LogP contribution < -0.4 is 10.4 Å². The van der Waals surface area contributed by atoms with Crippen LogP contribution in [0.1, 0.15) is 10.4 Å². The zero-order valence-electron chi connectivity index (χ0n) is 16.8. The molecule has 1 aromatic heterocycles. The summed E-state index contributed by atoms with van der Waals surface area (Å²) in [6, 6.07) is 14.1. The van der Waals surface area contributed by atoms with Crippen molar-refractivity contribution in [1.82, 2.24) is 19.8 Å². The highest BCUT2D eigenvalue weighted by molar-refractivity contribution is 7.89. The second-order valence-electron chi connectivity index (χ2n) is 7.11. The molecule has 1 fully saturated rings. The Morgan fingerprint density at radius 2 is 1.59 bits per heavy atom. The van der Waals surface area contributed by atoms with E-state index in [1.165, 1.54) is 22.2 Å². The van der Waals surface area contributed by atoms with E-state index in [1.54, 1.807) is 30.3 Å². The summed E-state index contributed by atoms with van der Waals surface area (Å²) in [5.41, 5.74) is 3.33. The quantitative estimate of drug-likeness (QED) is 0.432. The molecule has 32 heavy (non-hydrogen) atoms. The lowest BCUT2D eigenvalue weighted by atomic mass is 10.1. The number of carbonyl (C=O) groups is 1. The maximum Gasteiger partial charge on any atom is 0.277 e. The average molecular weight is 474 g/mol. The summed E-state index contributed by atoms with van der Waals surface area (Å²) in [6.45, 7) is 1.36. The van der Waals surface area contributed by atoms with Gasteiger partial charge < -0.3 is 4.90 Å². The Balaban J connectivity index is 1.44. The van der Waals surface area contributed by atoms with E-state index >= 15 is 0 Å². The number of nitrogens with one attached hydrogen (secondary N) is 1. The van der Waals surface area contributed by atoms with Crippen molar-refractivity contribution in [2.45, 2.75) is 4.90 Å². The van der Waals surface area contributed by atoms with Crippen molar-refractivity contribution in [3.8, 4) is 11.1 Å². The van der Waals surface area contributed by atoms with Gasteiger partial charge in [0.15, 0.2) is 0 Å². The molecule has 2 N–H and O–H groups in total. The molecule has 1 aliphatic rings. The van der Waals surface area contributed by atoms with Gasteiger partial charge in [0.1, 0.15) is 0 Å². The summed E-state index contributed by atoms with van der Waals surface area (Å²) < 4.78 is 27.6. The number of anilines is 1. The van der Waals surface area contributed by atoms with Gasteiger partial charge in [0.25, 0.3) is 5.91 Å². The highest BCUT2D eigenvalue weighted by Crippen LogP contribution is 2.29. The molecule has 0 bridgehead atoms. The van der Waals surface area contributed by atoms with Crippen LogP contribution in [0.25, 0.3) is 11.1 Å². The average Bonchev–Trinajstić information content (AvgIpc) is 2.84. The molecule has 1 amide bonds. The van der Waals surface area contributed by atoms with Gasteiger partial charge in [0.2, 0.25) is 16.0 Å². The highest BCUT2D eigenvalue weighted by atomic mass is 35.5. The summed E-state index contributed by atoms with van der Waals surface area (Å²) >= 11 is 6.23. The number of aromatic nitrogens is 2. The van der Waals surface area contributed by atoms with Gasteiger partial charge in [0.05, 0.1) is 10.5 Å². The summed E-state index contributed by atoms with van der Waals surface area (Å²) in [7, 11) is -3.65. The summed E-state index contributed by atoms with van der Waals surface area (Å²) in [5.74, 6) is -0.311. The molecular formula is C21H20ClN5O4S. The van der Waals surface area contributed by atoms with Crippen molar-refractivity contribution in [2.24, 2.45) is 0 Å². The van der Waals surface area contributed by atoms with E-state index in [0.29, 0.717) is 24.1 Å². The van der Waals surface area contributed by atoms with Gasteiger partial charge in [-0.3, -0.25) is 10.0 Å². The fraction of sp³-hybridized carbons (Fsp3) is 0.190. The Labute approximate surface area is 190 Å². The largest absolute Gasteiger partial charge is 0.338 e. The van der Waals surface area contributed by atoms with E-state index < -0.39 is 15.9 Å². The molecule has 166 valence electrons. The number of hydrogen-bond acceptors (Lipinski definition) is 7. The van der Waals surface area contributed by atoms with Crippen LogP contribution in [0.15, 0.2) is 65.8 Å². The maximum absolute atomic E-state index is 13.1. The van der Waals surface area contributed by atoms with E-state index in [0.717, 1.165) is 11.1 Å². The monoisotopic (exact) mass is 473 g/mol. The molecule has 0 unspecified atom stereocenters. The molecule has 9 nitrogen and oxygen atoms in total. The Hall–Kier alpha value is -3.05. The number of benzene rings is 2. The first kappa shape index (κ1) is 22.2. The summed E-state index contributed by atoms with van der Waals surface area (Å²) in [5, 5.41) is 9.26. The first-order valence-electron chi connectivity index (χ1n) is 9.76. The number of rotatable bonds is 5. The van der Waals surface area contributed by atoms with Crippen molar-refractivity contribution in [1.29, 1.82) is 0 Å². The van der Waals surface area contributed by atoms with Gasteiger partial charge in [-0.2, -0.15) is 4.31 Å². The standard InChI is InChI=1S/C21H20ClN5O4S/c22-19-4-2-1-3-18(19)15-5-7-17(8-6-15)32(30,31)27-11-9-26(10-12-27)21-23-13-16(14-24-21)20(28)25-29/h1-8,13-14,29H,9-12H2,(H,25,28).